The highest BCUT2D eigenvalue weighted by Crippen LogP contribution is 2.44. The molecule has 0 spiro atoms. The average molecular weight is 551 g/mol. The van der Waals surface area contributed by atoms with Crippen LogP contribution >= 0.6 is 0 Å². The summed E-state index contributed by atoms with van der Waals surface area (Å²) in [6, 6.07) is 8.34. The fourth-order valence-corrected chi connectivity index (χ4v) is 4.91. The van der Waals surface area contributed by atoms with Crippen LogP contribution in [0.4, 0.5) is 4.79 Å². The van der Waals surface area contributed by atoms with Gasteiger partial charge in [-0.05, 0) is 52.5 Å². The molecule has 0 unspecified atom stereocenters. The summed E-state index contributed by atoms with van der Waals surface area (Å²) < 4.78 is 39.8. The lowest BCUT2D eigenvalue weighted by Crippen LogP contribution is -2.59. The molecule has 1 aromatic carbocycles. The average Bonchev–Trinajstić information content (AvgIpc) is 3.39. The minimum absolute atomic E-state index is 0.0832. The first-order valence-electron chi connectivity index (χ1n) is 13.2. The van der Waals surface area contributed by atoms with Crippen LogP contribution < -0.4 is 10.6 Å². The summed E-state index contributed by atoms with van der Waals surface area (Å²) >= 11 is 0. The lowest BCUT2D eigenvalue weighted by atomic mass is 9.98. The SMILES string of the molecule is COC(=O)[C@H](CCCCNC(=O)[C@H]1O[C@@H]2OC(C)(C)O[C@@H]2[C@H]2OC(C)(C)O[C@H]21)NC(=O)OCc1ccccc1. The number of esters is 1. The van der Waals surface area contributed by atoms with Gasteiger partial charge in [0.05, 0.1) is 7.11 Å². The highest BCUT2D eigenvalue weighted by atomic mass is 16.9. The van der Waals surface area contributed by atoms with Crippen LogP contribution in [0, 0.1) is 0 Å². The van der Waals surface area contributed by atoms with Crippen LogP contribution in [0.1, 0.15) is 52.5 Å². The summed E-state index contributed by atoms with van der Waals surface area (Å²) in [6.45, 7) is 7.51. The van der Waals surface area contributed by atoms with Gasteiger partial charge < -0.3 is 43.8 Å². The molecule has 216 valence electrons. The minimum atomic E-state index is -0.945. The largest absolute Gasteiger partial charge is 0.467 e. The van der Waals surface area contributed by atoms with Crippen molar-refractivity contribution < 1.29 is 47.5 Å². The first-order chi connectivity index (χ1) is 18.5. The van der Waals surface area contributed by atoms with E-state index in [0.29, 0.717) is 25.8 Å². The van der Waals surface area contributed by atoms with Gasteiger partial charge in [0, 0.05) is 6.54 Å². The molecule has 0 radical (unpaired) electrons. The van der Waals surface area contributed by atoms with Gasteiger partial charge in [-0.15, -0.1) is 0 Å². The van der Waals surface area contributed by atoms with Crippen molar-refractivity contribution in [3.63, 3.8) is 0 Å². The quantitative estimate of drug-likeness (QED) is 0.329. The second-order valence-electron chi connectivity index (χ2n) is 10.7. The Morgan fingerprint density at radius 1 is 0.923 bits per heavy atom. The zero-order valence-corrected chi connectivity index (χ0v) is 23.0. The smallest absolute Gasteiger partial charge is 0.408 e. The van der Waals surface area contributed by atoms with Crippen LogP contribution in [0.5, 0.6) is 0 Å². The number of hydrogen-bond acceptors (Lipinski definition) is 10. The van der Waals surface area contributed by atoms with E-state index in [1.165, 1.54) is 7.11 Å². The third-order valence-corrected chi connectivity index (χ3v) is 6.62. The van der Waals surface area contributed by atoms with Crippen LogP contribution in [0.25, 0.3) is 0 Å². The summed E-state index contributed by atoms with van der Waals surface area (Å²) in [5.41, 5.74) is 0.829. The fourth-order valence-electron chi connectivity index (χ4n) is 4.91. The maximum absolute atomic E-state index is 13.1. The van der Waals surface area contributed by atoms with E-state index in [1.807, 2.05) is 30.3 Å². The number of ether oxygens (including phenoxy) is 7. The second-order valence-corrected chi connectivity index (χ2v) is 10.7. The molecule has 12 nitrogen and oxygen atoms in total. The van der Waals surface area contributed by atoms with Gasteiger partial charge in [0.2, 0.25) is 0 Å². The Morgan fingerprint density at radius 3 is 2.31 bits per heavy atom. The zero-order chi connectivity index (χ0) is 28.2. The number of nitrogens with one attached hydrogen (secondary N) is 2. The molecule has 12 heteroatoms. The third kappa shape index (κ3) is 7.46. The summed E-state index contributed by atoms with van der Waals surface area (Å²) in [7, 11) is 1.25. The number of rotatable bonds is 10. The van der Waals surface area contributed by atoms with Gasteiger partial charge in [-0.1, -0.05) is 30.3 Å². The van der Waals surface area contributed by atoms with Crippen molar-refractivity contribution in [1.29, 1.82) is 0 Å². The van der Waals surface area contributed by atoms with Crippen LogP contribution in [0.15, 0.2) is 30.3 Å². The van der Waals surface area contributed by atoms with Crippen molar-refractivity contribution >= 4 is 18.0 Å². The first-order valence-corrected chi connectivity index (χ1v) is 13.2. The topological polar surface area (TPSA) is 140 Å². The van der Waals surface area contributed by atoms with Gasteiger partial charge >= 0.3 is 12.1 Å². The van der Waals surface area contributed by atoms with Crippen molar-refractivity contribution in [2.45, 2.75) is 102 Å². The molecule has 3 fully saturated rings. The van der Waals surface area contributed by atoms with Gasteiger partial charge in [0.25, 0.3) is 5.91 Å². The lowest BCUT2D eigenvalue weighted by molar-refractivity contribution is -0.231. The van der Waals surface area contributed by atoms with E-state index in [-0.39, 0.29) is 12.5 Å². The van der Waals surface area contributed by atoms with E-state index in [1.54, 1.807) is 27.7 Å². The summed E-state index contributed by atoms with van der Waals surface area (Å²) in [4.78, 5) is 37.4. The maximum Gasteiger partial charge on any atom is 0.408 e. The van der Waals surface area contributed by atoms with E-state index in [2.05, 4.69) is 10.6 Å². The molecule has 3 aliphatic heterocycles. The number of benzene rings is 1. The van der Waals surface area contributed by atoms with E-state index >= 15 is 0 Å². The van der Waals surface area contributed by atoms with Gasteiger partial charge in [-0.3, -0.25) is 4.79 Å². The number of alkyl carbamates (subject to hydrolysis) is 1. The Kier molecular flexibility index (Phi) is 9.12. The van der Waals surface area contributed by atoms with Crippen molar-refractivity contribution in [3.05, 3.63) is 35.9 Å². The monoisotopic (exact) mass is 550 g/mol. The molecule has 0 aliphatic carbocycles. The van der Waals surface area contributed by atoms with Crippen molar-refractivity contribution in [3.8, 4) is 0 Å². The number of unbranched alkanes of at least 4 members (excludes halogenated alkanes) is 1. The number of carbonyl (C=O) groups excluding carboxylic acids is 3. The Bertz CT molecular complexity index is 1020. The molecule has 3 heterocycles. The van der Waals surface area contributed by atoms with E-state index in [0.717, 1.165) is 5.56 Å². The lowest BCUT2D eigenvalue weighted by Gasteiger charge is -2.36. The molecule has 1 aromatic rings. The molecule has 2 N–H and O–H groups in total. The Morgan fingerprint density at radius 2 is 1.59 bits per heavy atom. The highest BCUT2D eigenvalue weighted by molar-refractivity contribution is 5.82. The van der Waals surface area contributed by atoms with Crippen LogP contribution in [-0.4, -0.2) is 79.9 Å². The molecule has 39 heavy (non-hydrogen) atoms. The zero-order valence-electron chi connectivity index (χ0n) is 23.0. The van der Waals surface area contributed by atoms with Gasteiger partial charge in [-0.25, -0.2) is 9.59 Å². The molecule has 2 amide bonds. The Hall–Kier alpha value is -2.77. The Balaban J connectivity index is 1.23. The maximum atomic E-state index is 13.1. The van der Waals surface area contributed by atoms with Crippen molar-refractivity contribution in [1.82, 2.24) is 10.6 Å². The van der Waals surface area contributed by atoms with Crippen LogP contribution in [-0.2, 0) is 49.4 Å². The molecule has 3 aliphatic rings. The standard InChI is InChI=1S/C27H38N2O10/c1-26(2)36-18-19(37-26)21-24(39-27(3,4)38-21)35-20(18)22(30)28-14-10-9-13-17(23(31)33-5)29-25(32)34-15-16-11-7-6-8-12-16/h6-8,11-12,17-21,24H,9-10,13-15H2,1-5H3,(H,28,30)(H,29,32)/t17-,18+,19-,20-,21+,24+/m0/s1. The third-order valence-electron chi connectivity index (χ3n) is 6.62. The number of methoxy groups -OCH3 is 1. The summed E-state index contributed by atoms with van der Waals surface area (Å²) in [5.74, 6) is -2.71. The second kappa shape index (κ2) is 12.2. The molecular weight excluding hydrogens is 512 g/mol. The first kappa shape index (κ1) is 29.2. The van der Waals surface area contributed by atoms with E-state index < -0.39 is 60.4 Å². The highest BCUT2D eigenvalue weighted by Gasteiger charge is 2.62. The summed E-state index contributed by atoms with van der Waals surface area (Å²) in [6.07, 6.45) is -2.74. The predicted octanol–water partition coefficient (Wildman–Crippen LogP) is 2.14. The molecule has 0 saturated carbocycles. The fraction of sp³-hybridized carbons (Fsp3) is 0.667. The molecule has 3 saturated heterocycles. The molecule has 0 aromatic heterocycles. The summed E-state index contributed by atoms with van der Waals surface area (Å²) in [5, 5.41) is 5.42. The number of hydrogen-bond donors (Lipinski definition) is 2. The minimum Gasteiger partial charge on any atom is -0.467 e. The predicted molar refractivity (Wildman–Crippen MR) is 135 cm³/mol. The van der Waals surface area contributed by atoms with Crippen LogP contribution in [0.3, 0.4) is 0 Å². The molecular formula is C27H38N2O10. The number of fused-ring (bicyclic) bond motifs is 3. The van der Waals surface area contributed by atoms with Gasteiger partial charge in [0.1, 0.15) is 31.0 Å². The van der Waals surface area contributed by atoms with E-state index in [9.17, 15) is 14.4 Å². The van der Waals surface area contributed by atoms with Gasteiger partial charge in [0.15, 0.2) is 24.0 Å². The molecule has 6 atom stereocenters. The van der Waals surface area contributed by atoms with E-state index in [4.69, 9.17) is 33.2 Å². The van der Waals surface area contributed by atoms with Crippen molar-refractivity contribution in [2.75, 3.05) is 13.7 Å². The normalized spacial score (nSPS) is 29.0. The van der Waals surface area contributed by atoms with Crippen LogP contribution in [0.2, 0.25) is 0 Å². The Labute approximate surface area is 227 Å². The van der Waals surface area contributed by atoms with Gasteiger partial charge in [-0.2, -0.15) is 0 Å². The molecule has 4 rings (SSSR count). The molecule has 0 bridgehead atoms. The number of carbonyl (C=O) groups is 3. The number of amides is 2. The van der Waals surface area contributed by atoms with Crippen molar-refractivity contribution in [2.24, 2.45) is 0 Å².